The number of hydrogen-bond donors (Lipinski definition) is 0. The first-order valence-electron chi connectivity index (χ1n) is 8.06. The van der Waals surface area contributed by atoms with E-state index in [4.69, 9.17) is 9.47 Å². The number of benzene rings is 1. The van der Waals surface area contributed by atoms with Crippen molar-refractivity contribution >= 4 is 11.9 Å². The van der Waals surface area contributed by atoms with Gasteiger partial charge in [-0.05, 0) is 35.9 Å². The molecule has 0 saturated carbocycles. The Morgan fingerprint density at radius 3 is 2.31 bits per heavy atom. The van der Waals surface area contributed by atoms with E-state index < -0.39 is 0 Å². The second-order valence-corrected chi connectivity index (χ2v) is 5.48. The Bertz CT molecular complexity index is 749. The third kappa shape index (κ3) is 4.95. The van der Waals surface area contributed by atoms with Gasteiger partial charge in [-0.1, -0.05) is 0 Å². The van der Waals surface area contributed by atoms with E-state index in [1.165, 1.54) is 21.3 Å². The Morgan fingerprint density at radius 2 is 1.69 bits per heavy atom. The van der Waals surface area contributed by atoms with Crippen molar-refractivity contribution in [1.29, 1.82) is 0 Å². The van der Waals surface area contributed by atoms with E-state index in [1.807, 2.05) is 12.1 Å². The summed E-state index contributed by atoms with van der Waals surface area (Å²) < 4.78 is 15.1. The zero-order valence-corrected chi connectivity index (χ0v) is 15.1. The number of esters is 1. The number of carbonyl (C=O) groups is 2. The lowest BCUT2D eigenvalue weighted by atomic mass is 10.1. The second kappa shape index (κ2) is 9.41. The molecular formula is C19H22N2O5. The van der Waals surface area contributed by atoms with Gasteiger partial charge < -0.3 is 19.1 Å². The average molecular weight is 358 g/mol. The molecule has 0 saturated heterocycles. The van der Waals surface area contributed by atoms with Gasteiger partial charge in [0, 0.05) is 31.0 Å². The van der Waals surface area contributed by atoms with Crippen molar-refractivity contribution in [1.82, 2.24) is 9.88 Å². The van der Waals surface area contributed by atoms with Crippen LogP contribution in [0.4, 0.5) is 0 Å². The number of methoxy groups -OCH3 is 3. The topological polar surface area (TPSA) is 78.0 Å². The van der Waals surface area contributed by atoms with E-state index in [0.29, 0.717) is 23.6 Å². The normalized spacial score (nSPS) is 10.1. The fourth-order valence-corrected chi connectivity index (χ4v) is 2.44. The highest BCUT2D eigenvalue weighted by Gasteiger charge is 2.19. The number of carbonyl (C=O) groups excluding carboxylic acids is 2. The van der Waals surface area contributed by atoms with Crippen molar-refractivity contribution < 1.29 is 23.8 Å². The minimum absolute atomic E-state index is 0.112. The highest BCUT2D eigenvalue weighted by atomic mass is 16.5. The summed E-state index contributed by atoms with van der Waals surface area (Å²) in [6.45, 7) is 0.592. The SMILES string of the molecule is COC(=O)CCN(Cc1ccncc1)C(=O)c1ccc(OC)c(OC)c1. The van der Waals surface area contributed by atoms with Gasteiger partial charge in [0.15, 0.2) is 11.5 Å². The van der Waals surface area contributed by atoms with Gasteiger partial charge in [-0.25, -0.2) is 0 Å². The fourth-order valence-electron chi connectivity index (χ4n) is 2.44. The Morgan fingerprint density at radius 1 is 1.00 bits per heavy atom. The third-order valence-electron chi connectivity index (χ3n) is 3.85. The van der Waals surface area contributed by atoms with Crippen LogP contribution in [0.5, 0.6) is 11.5 Å². The largest absolute Gasteiger partial charge is 0.493 e. The summed E-state index contributed by atoms with van der Waals surface area (Å²) in [5, 5.41) is 0. The van der Waals surface area contributed by atoms with Crippen LogP contribution in [0.25, 0.3) is 0 Å². The molecular weight excluding hydrogens is 336 g/mol. The van der Waals surface area contributed by atoms with Gasteiger partial charge in [-0.3, -0.25) is 14.6 Å². The predicted octanol–water partition coefficient (Wildman–Crippen LogP) is 2.30. The molecule has 0 unspecified atom stereocenters. The summed E-state index contributed by atoms with van der Waals surface area (Å²) in [5.74, 6) is 0.422. The molecule has 1 heterocycles. The van der Waals surface area contributed by atoms with Crippen molar-refractivity contribution in [3.05, 3.63) is 53.9 Å². The first-order valence-corrected chi connectivity index (χ1v) is 8.06. The van der Waals surface area contributed by atoms with E-state index in [1.54, 1.807) is 35.5 Å². The Labute approximate surface area is 152 Å². The average Bonchev–Trinajstić information content (AvgIpc) is 2.70. The molecule has 1 aromatic carbocycles. The van der Waals surface area contributed by atoms with Crippen LogP contribution in [0.2, 0.25) is 0 Å². The van der Waals surface area contributed by atoms with Crippen LogP contribution >= 0.6 is 0 Å². The van der Waals surface area contributed by atoms with Crippen LogP contribution in [0.1, 0.15) is 22.3 Å². The van der Waals surface area contributed by atoms with Gasteiger partial charge in [-0.2, -0.15) is 0 Å². The molecule has 0 atom stereocenters. The molecule has 138 valence electrons. The standard InChI is InChI=1S/C19H22N2O5/c1-24-16-5-4-15(12-17(16)25-2)19(23)21(11-8-18(22)26-3)13-14-6-9-20-10-7-14/h4-7,9-10,12H,8,11,13H2,1-3H3. The lowest BCUT2D eigenvalue weighted by molar-refractivity contribution is -0.140. The van der Waals surface area contributed by atoms with E-state index in [0.717, 1.165) is 5.56 Å². The first kappa shape index (κ1) is 19.2. The summed E-state index contributed by atoms with van der Waals surface area (Å²) in [6, 6.07) is 8.62. The molecule has 0 aliphatic rings. The molecule has 2 aromatic rings. The molecule has 0 radical (unpaired) electrons. The van der Waals surface area contributed by atoms with Gasteiger partial charge in [0.25, 0.3) is 5.91 Å². The Hall–Kier alpha value is -3.09. The summed E-state index contributed by atoms with van der Waals surface area (Å²) in [4.78, 5) is 30.1. The third-order valence-corrected chi connectivity index (χ3v) is 3.85. The van der Waals surface area contributed by atoms with Gasteiger partial charge >= 0.3 is 5.97 Å². The molecule has 26 heavy (non-hydrogen) atoms. The van der Waals surface area contributed by atoms with Crippen molar-refractivity contribution in [2.24, 2.45) is 0 Å². The van der Waals surface area contributed by atoms with Gasteiger partial charge in [0.05, 0.1) is 27.8 Å². The molecule has 1 aromatic heterocycles. The molecule has 1 amide bonds. The molecule has 0 fully saturated rings. The molecule has 0 N–H and O–H groups in total. The van der Waals surface area contributed by atoms with Gasteiger partial charge in [0.1, 0.15) is 0 Å². The lowest BCUT2D eigenvalue weighted by Gasteiger charge is -2.23. The number of pyridine rings is 1. The van der Waals surface area contributed by atoms with Crippen molar-refractivity contribution in [2.75, 3.05) is 27.9 Å². The zero-order chi connectivity index (χ0) is 18.9. The Balaban J connectivity index is 2.25. The number of ether oxygens (including phenoxy) is 3. The van der Waals surface area contributed by atoms with Crippen LogP contribution in [0, 0.1) is 0 Å². The maximum atomic E-state index is 13.0. The maximum absolute atomic E-state index is 13.0. The molecule has 7 nitrogen and oxygen atoms in total. The highest BCUT2D eigenvalue weighted by molar-refractivity contribution is 5.95. The fraction of sp³-hybridized carbons (Fsp3) is 0.316. The molecule has 0 spiro atoms. The quantitative estimate of drug-likeness (QED) is 0.674. The monoisotopic (exact) mass is 358 g/mol. The van der Waals surface area contributed by atoms with Crippen LogP contribution < -0.4 is 9.47 Å². The summed E-state index contributed by atoms with van der Waals surface area (Å²) in [5.41, 5.74) is 1.36. The van der Waals surface area contributed by atoms with Gasteiger partial charge in [-0.15, -0.1) is 0 Å². The number of amides is 1. The number of nitrogens with zero attached hydrogens (tertiary/aromatic N) is 2. The summed E-state index contributed by atoms with van der Waals surface area (Å²) >= 11 is 0. The Kier molecular flexibility index (Phi) is 6.96. The molecule has 2 rings (SSSR count). The highest BCUT2D eigenvalue weighted by Crippen LogP contribution is 2.28. The maximum Gasteiger partial charge on any atom is 0.307 e. The van der Waals surface area contributed by atoms with Crippen molar-refractivity contribution in [3.63, 3.8) is 0 Å². The smallest absolute Gasteiger partial charge is 0.307 e. The van der Waals surface area contributed by atoms with Crippen LogP contribution in [-0.2, 0) is 16.1 Å². The number of rotatable bonds is 8. The van der Waals surface area contributed by atoms with Crippen LogP contribution in [0.3, 0.4) is 0 Å². The summed E-state index contributed by atoms with van der Waals surface area (Å²) in [7, 11) is 4.37. The van der Waals surface area contributed by atoms with Gasteiger partial charge in [0.2, 0.25) is 0 Å². The first-order chi connectivity index (χ1) is 12.6. The zero-order valence-electron chi connectivity index (χ0n) is 15.1. The van der Waals surface area contributed by atoms with Crippen LogP contribution in [-0.4, -0.2) is 49.6 Å². The molecule has 7 heteroatoms. The molecule has 0 aliphatic heterocycles. The van der Waals surface area contributed by atoms with E-state index in [9.17, 15) is 9.59 Å². The van der Waals surface area contributed by atoms with E-state index in [2.05, 4.69) is 9.72 Å². The molecule has 0 bridgehead atoms. The van der Waals surface area contributed by atoms with E-state index >= 15 is 0 Å². The second-order valence-electron chi connectivity index (χ2n) is 5.48. The minimum Gasteiger partial charge on any atom is -0.493 e. The predicted molar refractivity (Wildman–Crippen MR) is 95.2 cm³/mol. The molecule has 0 aliphatic carbocycles. The number of aromatic nitrogens is 1. The van der Waals surface area contributed by atoms with E-state index in [-0.39, 0.29) is 24.8 Å². The van der Waals surface area contributed by atoms with Crippen molar-refractivity contribution in [2.45, 2.75) is 13.0 Å². The van der Waals surface area contributed by atoms with Crippen LogP contribution in [0.15, 0.2) is 42.7 Å². The van der Waals surface area contributed by atoms with Crippen molar-refractivity contribution in [3.8, 4) is 11.5 Å². The lowest BCUT2D eigenvalue weighted by Crippen LogP contribution is -2.32. The minimum atomic E-state index is -0.371. The summed E-state index contributed by atoms with van der Waals surface area (Å²) in [6.07, 6.45) is 3.43. The number of hydrogen-bond acceptors (Lipinski definition) is 6.